The molecule has 0 heterocycles. The van der Waals surface area contributed by atoms with E-state index in [-0.39, 0.29) is 11.3 Å². The standard InChI is InChI=1S/C10H12FNO3/c1-15-9(14)10(12,6-11)7-4-2-3-5-8(7)13/h2-5,13H,6,12H2,1H3. The van der Waals surface area contributed by atoms with Crippen LogP contribution in [0.3, 0.4) is 0 Å². The summed E-state index contributed by atoms with van der Waals surface area (Å²) in [6, 6.07) is 5.81. The number of nitrogens with two attached hydrogens (primary N) is 1. The fourth-order valence-corrected chi connectivity index (χ4v) is 1.27. The molecule has 1 unspecified atom stereocenters. The van der Waals surface area contributed by atoms with Gasteiger partial charge in [0.25, 0.3) is 0 Å². The second kappa shape index (κ2) is 4.27. The quantitative estimate of drug-likeness (QED) is 0.724. The molecule has 1 rings (SSSR count). The van der Waals surface area contributed by atoms with Crippen LogP contribution in [0.4, 0.5) is 4.39 Å². The Bertz CT molecular complexity index is 369. The highest BCUT2D eigenvalue weighted by atomic mass is 19.1. The van der Waals surface area contributed by atoms with Crippen molar-refractivity contribution in [2.24, 2.45) is 5.73 Å². The van der Waals surface area contributed by atoms with Gasteiger partial charge in [-0.25, -0.2) is 9.18 Å². The van der Waals surface area contributed by atoms with E-state index in [0.717, 1.165) is 7.11 Å². The number of methoxy groups -OCH3 is 1. The number of carbonyl (C=O) groups is 1. The van der Waals surface area contributed by atoms with Gasteiger partial charge in [0, 0.05) is 5.56 Å². The maximum absolute atomic E-state index is 12.8. The number of ether oxygens (including phenoxy) is 1. The molecule has 3 N–H and O–H groups in total. The van der Waals surface area contributed by atoms with E-state index in [1.54, 1.807) is 12.1 Å². The monoisotopic (exact) mass is 213 g/mol. The first-order chi connectivity index (χ1) is 7.06. The lowest BCUT2D eigenvalue weighted by Gasteiger charge is -2.24. The molecule has 4 nitrogen and oxygen atoms in total. The molecule has 0 aliphatic heterocycles. The summed E-state index contributed by atoms with van der Waals surface area (Å²) in [5.74, 6) is -1.16. The van der Waals surface area contributed by atoms with Gasteiger partial charge in [-0.3, -0.25) is 0 Å². The average Bonchev–Trinajstić information content (AvgIpc) is 2.27. The lowest BCUT2D eigenvalue weighted by atomic mass is 9.91. The molecule has 0 radical (unpaired) electrons. The summed E-state index contributed by atoms with van der Waals surface area (Å²) in [6.45, 7) is -1.14. The molecule has 0 aromatic heterocycles. The average molecular weight is 213 g/mol. The number of alkyl halides is 1. The Kier molecular flexibility index (Phi) is 3.26. The summed E-state index contributed by atoms with van der Waals surface area (Å²) in [4.78, 5) is 11.3. The fourth-order valence-electron chi connectivity index (χ4n) is 1.27. The molecule has 1 aromatic carbocycles. The third-order valence-electron chi connectivity index (χ3n) is 2.15. The van der Waals surface area contributed by atoms with Crippen LogP contribution in [0.1, 0.15) is 5.56 Å². The van der Waals surface area contributed by atoms with Crippen molar-refractivity contribution in [3.63, 3.8) is 0 Å². The lowest BCUT2D eigenvalue weighted by Crippen LogP contribution is -2.47. The summed E-state index contributed by atoms with van der Waals surface area (Å²) >= 11 is 0. The van der Waals surface area contributed by atoms with Gasteiger partial charge in [0.1, 0.15) is 12.4 Å². The van der Waals surface area contributed by atoms with Crippen LogP contribution in [0, 0.1) is 0 Å². The minimum Gasteiger partial charge on any atom is -0.508 e. The zero-order valence-electron chi connectivity index (χ0n) is 8.24. The summed E-state index contributed by atoms with van der Waals surface area (Å²) in [7, 11) is 1.11. The summed E-state index contributed by atoms with van der Waals surface area (Å²) in [5.41, 5.74) is 3.63. The number of hydrogen-bond acceptors (Lipinski definition) is 4. The van der Waals surface area contributed by atoms with Gasteiger partial charge in [-0.05, 0) is 6.07 Å². The van der Waals surface area contributed by atoms with Crippen LogP contribution in [0.2, 0.25) is 0 Å². The van der Waals surface area contributed by atoms with Gasteiger partial charge in [-0.1, -0.05) is 18.2 Å². The Morgan fingerprint density at radius 1 is 1.60 bits per heavy atom. The van der Waals surface area contributed by atoms with Crippen LogP contribution in [0.25, 0.3) is 0 Å². The van der Waals surface area contributed by atoms with Crippen LogP contribution in [0.5, 0.6) is 5.75 Å². The number of halogens is 1. The van der Waals surface area contributed by atoms with Gasteiger partial charge in [0.15, 0.2) is 5.54 Å². The molecule has 0 saturated heterocycles. The van der Waals surface area contributed by atoms with Gasteiger partial charge in [0.2, 0.25) is 0 Å². The maximum Gasteiger partial charge on any atom is 0.333 e. The molecule has 15 heavy (non-hydrogen) atoms. The Labute approximate surface area is 86.5 Å². The largest absolute Gasteiger partial charge is 0.508 e. The predicted octanol–water partition coefficient (Wildman–Crippen LogP) is 0.689. The Morgan fingerprint density at radius 2 is 2.20 bits per heavy atom. The zero-order chi connectivity index (χ0) is 11.5. The van der Waals surface area contributed by atoms with Crippen molar-refractivity contribution in [2.75, 3.05) is 13.8 Å². The van der Waals surface area contributed by atoms with Gasteiger partial charge >= 0.3 is 5.97 Å². The van der Waals surface area contributed by atoms with Crippen molar-refractivity contribution in [3.8, 4) is 5.75 Å². The van der Waals surface area contributed by atoms with Gasteiger partial charge in [0.05, 0.1) is 7.11 Å². The minimum atomic E-state index is -1.94. The van der Waals surface area contributed by atoms with Gasteiger partial charge in [-0.2, -0.15) is 0 Å². The van der Waals surface area contributed by atoms with E-state index < -0.39 is 18.2 Å². The first kappa shape index (κ1) is 11.5. The van der Waals surface area contributed by atoms with E-state index in [1.165, 1.54) is 12.1 Å². The van der Waals surface area contributed by atoms with Crippen molar-refractivity contribution in [1.29, 1.82) is 0 Å². The molecule has 0 saturated carbocycles. The van der Waals surface area contributed by atoms with Crippen LogP contribution in [-0.2, 0) is 15.1 Å². The molecule has 0 amide bonds. The first-order valence-electron chi connectivity index (χ1n) is 4.28. The third-order valence-corrected chi connectivity index (χ3v) is 2.15. The number of carbonyl (C=O) groups excluding carboxylic acids is 1. The Hall–Kier alpha value is -1.62. The minimum absolute atomic E-state index is 0.0133. The van der Waals surface area contributed by atoms with E-state index in [0.29, 0.717) is 0 Å². The zero-order valence-corrected chi connectivity index (χ0v) is 8.24. The summed E-state index contributed by atoms with van der Waals surface area (Å²) in [6.07, 6.45) is 0. The number of phenolic OH excluding ortho intramolecular Hbond substituents is 1. The Balaban J connectivity index is 3.23. The van der Waals surface area contributed by atoms with E-state index in [1.807, 2.05) is 0 Å². The fraction of sp³-hybridized carbons (Fsp3) is 0.300. The Morgan fingerprint density at radius 3 is 2.67 bits per heavy atom. The number of benzene rings is 1. The van der Waals surface area contributed by atoms with Crippen LogP contribution >= 0.6 is 0 Å². The predicted molar refractivity (Wildman–Crippen MR) is 52.0 cm³/mol. The molecule has 5 heteroatoms. The number of para-hydroxylation sites is 1. The molecule has 0 aliphatic rings. The summed E-state index contributed by atoms with van der Waals surface area (Å²) in [5, 5.41) is 9.47. The topological polar surface area (TPSA) is 72.5 Å². The normalized spacial score (nSPS) is 14.3. The van der Waals surface area contributed by atoms with Crippen LogP contribution in [-0.4, -0.2) is 24.9 Å². The van der Waals surface area contributed by atoms with Crippen molar-refractivity contribution in [3.05, 3.63) is 29.8 Å². The highest BCUT2D eigenvalue weighted by Gasteiger charge is 2.39. The number of aromatic hydroxyl groups is 1. The van der Waals surface area contributed by atoms with Gasteiger partial charge < -0.3 is 15.6 Å². The van der Waals surface area contributed by atoms with Gasteiger partial charge in [-0.15, -0.1) is 0 Å². The number of phenols is 1. The van der Waals surface area contributed by atoms with E-state index in [9.17, 15) is 14.3 Å². The van der Waals surface area contributed by atoms with Crippen molar-refractivity contribution >= 4 is 5.97 Å². The summed E-state index contributed by atoms with van der Waals surface area (Å²) < 4.78 is 17.2. The molecule has 1 atom stereocenters. The van der Waals surface area contributed by atoms with Crippen molar-refractivity contribution in [2.45, 2.75) is 5.54 Å². The van der Waals surface area contributed by atoms with Crippen molar-refractivity contribution < 1.29 is 19.0 Å². The molecule has 82 valence electrons. The lowest BCUT2D eigenvalue weighted by molar-refractivity contribution is -0.148. The molecule has 0 bridgehead atoms. The molecule has 0 aliphatic carbocycles. The second-order valence-corrected chi connectivity index (χ2v) is 3.11. The second-order valence-electron chi connectivity index (χ2n) is 3.11. The molecule has 0 spiro atoms. The van der Waals surface area contributed by atoms with E-state index >= 15 is 0 Å². The molecule has 0 fully saturated rings. The van der Waals surface area contributed by atoms with E-state index in [4.69, 9.17) is 5.73 Å². The van der Waals surface area contributed by atoms with E-state index in [2.05, 4.69) is 4.74 Å². The number of esters is 1. The van der Waals surface area contributed by atoms with Crippen LogP contribution < -0.4 is 5.73 Å². The first-order valence-corrected chi connectivity index (χ1v) is 4.28. The smallest absolute Gasteiger partial charge is 0.333 e. The number of rotatable bonds is 3. The molecule has 1 aromatic rings. The molecular formula is C10H12FNO3. The SMILES string of the molecule is COC(=O)C(N)(CF)c1ccccc1O. The number of hydrogen-bond donors (Lipinski definition) is 2. The molecular weight excluding hydrogens is 201 g/mol. The third kappa shape index (κ3) is 1.92. The maximum atomic E-state index is 12.8. The van der Waals surface area contributed by atoms with Crippen LogP contribution in [0.15, 0.2) is 24.3 Å². The highest BCUT2D eigenvalue weighted by molar-refractivity contribution is 5.83. The van der Waals surface area contributed by atoms with Crippen molar-refractivity contribution in [1.82, 2.24) is 0 Å². The highest BCUT2D eigenvalue weighted by Crippen LogP contribution is 2.28.